The molecule has 0 heterocycles. The average molecular weight is 174 g/mol. The van der Waals surface area contributed by atoms with E-state index < -0.39 is 24.3 Å². The Morgan fingerprint density at radius 1 is 1.42 bits per heavy atom. The Bertz CT molecular complexity index is 222. The summed E-state index contributed by atoms with van der Waals surface area (Å²) in [6.45, 7) is 0. The molecule has 68 valence electrons. The largest absolute Gasteiger partial charge is 0.478 e. The van der Waals surface area contributed by atoms with Gasteiger partial charge in [0.15, 0.2) is 0 Å². The van der Waals surface area contributed by atoms with Crippen molar-refractivity contribution >= 4 is 5.97 Å². The molecule has 0 amide bonds. The lowest BCUT2D eigenvalue weighted by Gasteiger charge is -2.25. The number of hydrogen-bond donors (Lipinski definition) is 4. The van der Waals surface area contributed by atoms with Gasteiger partial charge in [-0.15, -0.1) is 0 Å². The molecule has 0 saturated heterocycles. The van der Waals surface area contributed by atoms with Gasteiger partial charge < -0.3 is 20.4 Å². The van der Waals surface area contributed by atoms with Crippen molar-refractivity contribution in [3.63, 3.8) is 0 Å². The standard InChI is InChI=1S/C7H10O5/c8-4-1-3(7(11)12)2-5(9)6(4)10/h1,4-6,8-10H,2H2,(H,11,12)/t4-,5+,6-/m0/s1. The molecular weight excluding hydrogens is 164 g/mol. The summed E-state index contributed by atoms with van der Waals surface area (Å²) in [6.07, 6.45) is -2.86. The number of hydrogen-bond acceptors (Lipinski definition) is 4. The molecule has 3 atom stereocenters. The van der Waals surface area contributed by atoms with Crippen LogP contribution in [-0.2, 0) is 4.79 Å². The van der Waals surface area contributed by atoms with E-state index in [0.717, 1.165) is 6.08 Å². The van der Waals surface area contributed by atoms with Gasteiger partial charge in [-0.2, -0.15) is 0 Å². The minimum Gasteiger partial charge on any atom is -0.478 e. The van der Waals surface area contributed by atoms with Gasteiger partial charge in [-0.1, -0.05) is 0 Å². The highest BCUT2D eigenvalue weighted by atomic mass is 16.4. The molecule has 0 aromatic carbocycles. The van der Waals surface area contributed by atoms with Gasteiger partial charge in [0.2, 0.25) is 0 Å². The van der Waals surface area contributed by atoms with Crippen molar-refractivity contribution in [2.45, 2.75) is 24.7 Å². The predicted molar refractivity (Wildman–Crippen MR) is 38.4 cm³/mol. The number of rotatable bonds is 1. The number of carbonyl (C=O) groups is 1. The molecule has 0 aromatic heterocycles. The van der Waals surface area contributed by atoms with Crippen molar-refractivity contribution in [2.24, 2.45) is 0 Å². The molecule has 1 aliphatic carbocycles. The van der Waals surface area contributed by atoms with E-state index in [2.05, 4.69) is 0 Å². The molecule has 1 rings (SSSR count). The number of aliphatic hydroxyl groups excluding tert-OH is 3. The van der Waals surface area contributed by atoms with Crippen LogP contribution in [0.2, 0.25) is 0 Å². The predicted octanol–water partition coefficient (Wildman–Crippen LogP) is -1.52. The van der Waals surface area contributed by atoms with Gasteiger partial charge in [0.1, 0.15) is 12.2 Å². The third kappa shape index (κ3) is 1.63. The van der Waals surface area contributed by atoms with Crippen molar-refractivity contribution in [3.8, 4) is 0 Å². The van der Waals surface area contributed by atoms with E-state index >= 15 is 0 Å². The van der Waals surface area contributed by atoms with Crippen LogP contribution in [0.3, 0.4) is 0 Å². The van der Waals surface area contributed by atoms with Crippen molar-refractivity contribution < 1.29 is 25.2 Å². The molecule has 0 saturated carbocycles. The molecule has 0 aliphatic heterocycles. The molecule has 4 N–H and O–H groups in total. The highest BCUT2D eigenvalue weighted by Crippen LogP contribution is 2.19. The first-order valence-electron chi connectivity index (χ1n) is 3.50. The quantitative estimate of drug-likeness (QED) is 0.387. The molecule has 0 unspecified atom stereocenters. The van der Waals surface area contributed by atoms with E-state index in [1.807, 2.05) is 0 Å². The molecule has 5 nitrogen and oxygen atoms in total. The Balaban J connectivity index is 2.81. The minimum absolute atomic E-state index is 0.0692. The van der Waals surface area contributed by atoms with Crippen molar-refractivity contribution in [2.75, 3.05) is 0 Å². The van der Waals surface area contributed by atoms with Gasteiger partial charge in [0.25, 0.3) is 0 Å². The topological polar surface area (TPSA) is 98.0 Å². The number of aliphatic hydroxyl groups is 3. The summed E-state index contributed by atoms with van der Waals surface area (Å²) in [5.41, 5.74) is -0.0692. The zero-order chi connectivity index (χ0) is 9.30. The van der Waals surface area contributed by atoms with Gasteiger partial charge in [-0.05, 0) is 6.08 Å². The van der Waals surface area contributed by atoms with E-state index in [1.54, 1.807) is 0 Å². The van der Waals surface area contributed by atoms with E-state index in [4.69, 9.17) is 20.4 Å². The molecule has 5 heteroatoms. The first-order chi connectivity index (χ1) is 5.52. The smallest absolute Gasteiger partial charge is 0.331 e. The highest BCUT2D eigenvalue weighted by molar-refractivity contribution is 5.87. The van der Waals surface area contributed by atoms with Crippen molar-refractivity contribution in [1.82, 2.24) is 0 Å². The number of aliphatic carboxylic acids is 1. The second-order valence-electron chi connectivity index (χ2n) is 2.75. The van der Waals surface area contributed by atoms with Crippen LogP contribution in [-0.4, -0.2) is 44.7 Å². The van der Waals surface area contributed by atoms with Gasteiger partial charge in [-0.25, -0.2) is 4.79 Å². The maximum atomic E-state index is 10.4. The molecular formula is C7H10O5. The second kappa shape index (κ2) is 3.22. The van der Waals surface area contributed by atoms with Crippen LogP contribution >= 0.6 is 0 Å². The second-order valence-corrected chi connectivity index (χ2v) is 2.75. The summed E-state index contributed by atoms with van der Waals surface area (Å²) in [4.78, 5) is 10.4. The lowest BCUT2D eigenvalue weighted by molar-refractivity contribution is -0.134. The third-order valence-corrected chi connectivity index (χ3v) is 1.82. The van der Waals surface area contributed by atoms with Crippen LogP contribution in [0.1, 0.15) is 6.42 Å². The Kier molecular flexibility index (Phi) is 2.46. The highest BCUT2D eigenvalue weighted by Gasteiger charge is 2.31. The first kappa shape index (κ1) is 9.18. The van der Waals surface area contributed by atoms with E-state index in [1.165, 1.54) is 0 Å². The molecule has 0 fully saturated rings. The summed E-state index contributed by atoms with van der Waals surface area (Å²) in [5.74, 6) is -1.18. The maximum absolute atomic E-state index is 10.4. The average Bonchev–Trinajstić information content (AvgIpc) is 1.99. The van der Waals surface area contributed by atoms with Crippen LogP contribution in [0.15, 0.2) is 11.6 Å². The summed E-state index contributed by atoms with van der Waals surface area (Å²) in [6, 6.07) is 0. The summed E-state index contributed by atoms with van der Waals surface area (Å²) >= 11 is 0. The molecule has 0 bridgehead atoms. The monoisotopic (exact) mass is 174 g/mol. The first-order valence-corrected chi connectivity index (χ1v) is 3.50. The Morgan fingerprint density at radius 3 is 2.42 bits per heavy atom. The normalized spacial score (nSPS) is 35.9. The van der Waals surface area contributed by atoms with Gasteiger partial charge in [0.05, 0.1) is 6.10 Å². The van der Waals surface area contributed by atoms with Crippen LogP contribution in [0.5, 0.6) is 0 Å². The molecule has 1 aliphatic rings. The maximum Gasteiger partial charge on any atom is 0.331 e. The zero-order valence-electron chi connectivity index (χ0n) is 6.21. The van der Waals surface area contributed by atoms with E-state index in [9.17, 15) is 4.79 Å². The minimum atomic E-state index is -1.29. The van der Waals surface area contributed by atoms with E-state index in [0.29, 0.717) is 0 Å². The van der Waals surface area contributed by atoms with E-state index in [-0.39, 0.29) is 12.0 Å². The fourth-order valence-electron chi connectivity index (χ4n) is 1.11. The lowest BCUT2D eigenvalue weighted by atomic mass is 9.92. The van der Waals surface area contributed by atoms with Crippen LogP contribution < -0.4 is 0 Å². The summed E-state index contributed by atoms with van der Waals surface area (Å²) in [5, 5.41) is 35.6. The Morgan fingerprint density at radius 2 is 2.00 bits per heavy atom. The Labute approximate surface area is 68.6 Å². The number of carboxylic acids is 1. The SMILES string of the molecule is O=C(O)C1=C[C@H](O)[C@H](O)[C@H](O)C1. The molecule has 0 spiro atoms. The van der Waals surface area contributed by atoms with Crippen LogP contribution in [0.4, 0.5) is 0 Å². The molecule has 0 aromatic rings. The third-order valence-electron chi connectivity index (χ3n) is 1.82. The van der Waals surface area contributed by atoms with Crippen molar-refractivity contribution in [1.29, 1.82) is 0 Å². The van der Waals surface area contributed by atoms with Gasteiger partial charge in [0, 0.05) is 12.0 Å². The molecule has 12 heavy (non-hydrogen) atoms. The fourth-order valence-corrected chi connectivity index (χ4v) is 1.11. The van der Waals surface area contributed by atoms with Crippen molar-refractivity contribution in [3.05, 3.63) is 11.6 Å². The van der Waals surface area contributed by atoms with Crippen LogP contribution in [0.25, 0.3) is 0 Å². The number of carboxylic acid groups (broad SMARTS) is 1. The lowest BCUT2D eigenvalue weighted by Crippen LogP contribution is -2.40. The molecule has 0 radical (unpaired) electrons. The van der Waals surface area contributed by atoms with Gasteiger partial charge in [-0.3, -0.25) is 0 Å². The van der Waals surface area contributed by atoms with Crippen LogP contribution in [0, 0.1) is 0 Å². The fraction of sp³-hybridized carbons (Fsp3) is 0.571. The Hall–Kier alpha value is -0.910. The zero-order valence-corrected chi connectivity index (χ0v) is 6.21. The summed E-state index contributed by atoms with van der Waals surface area (Å²) < 4.78 is 0. The van der Waals surface area contributed by atoms with Gasteiger partial charge >= 0.3 is 5.97 Å². The summed E-state index contributed by atoms with van der Waals surface area (Å²) in [7, 11) is 0.